The summed E-state index contributed by atoms with van der Waals surface area (Å²) in [5.41, 5.74) is 0. The second-order valence-corrected chi connectivity index (χ2v) is 3.27. The summed E-state index contributed by atoms with van der Waals surface area (Å²) in [6, 6.07) is 0. The van der Waals surface area contributed by atoms with Crippen LogP contribution in [0.2, 0.25) is 0 Å². The van der Waals surface area contributed by atoms with Gasteiger partial charge in [-0.2, -0.15) is 0 Å². The van der Waals surface area contributed by atoms with E-state index in [1.54, 1.807) is 6.92 Å². The first-order valence-corrected chi connectivity index (χ1v) is 5.19. The van der Waals surface area contributed by atoms with Gasteiger partial charge in [-0.15, -0.1) is 0 Å². The van der Waals surface area contributed by atoms with E-state index in [0.717, 1.165) is 6.42 Å². The molecule has 0 saturated carbocycles. The molecule has 0 fully saturated rings. The standard InChI is InChI=1S/C10H20N2O3/c1-4-6-11-9(13)5-7-12-10(14)8(2)15-3/h8H,4-7H2,1-3H3,(H,11,13)(H,12,14). The van der Waals surface area contributed by atoms with Crippen LogP contribution in [0.5, 0.6) is 0 Å². The van der Waals surface area contributed by atoms with Gasteiger partial charge in [0.15, 0.2) is 0 Å². The van der Waals surface area contributed by atoms with E-state index in [0.29, 0.717) is 19.5 Å². The average molecular weight is 216 g/mol. The van der Waals surface area contributed by atoms with Crippen LogP contribution in [0, 0.1) is 0 Å². The molecule has 0 spiro atoms. The van der Waals surface area contributed by atoms with Crippen LogP contribution in [0.3, 0.4) is 0 Å². The Balaban J connectivity index is 3.52. The quantitative estimate of drug-likeness (QED) is 0.632. The maximum atomic E-state index is 11.2. The second-order valence-electron chi connectivity index (χ2n) is 3.27. The van der Waals surface area contributed by atoms with E-state index >= 15 is 0 Å². The number of hydrogen-bond donors (Lipinski definition) is 2. The molecule has 0 bridgehead atoms. The van der Waals surface area contributed by atoms with Gasteiger partial charge in [0.2, 0.25) is 11.8 Å². The van der Waals surface area contributed by atoms with Crippen molar-refractivity contribution in [2.75, 3.05) is 20.2 Å². The van der Waals surface area contributed by atoms with Crippen molar-refractivity contribution >= 4 is 11.8 Å². The Labute approximate surface area is 90.6 Å². The number of hydrogen-bond acceptors (Lipinski definition) is 3. The summed E-state index contributed by atoms with van der Waals surface area (Å²) in [5.74, 6) is -0.233. The molecule has 0 aliphatic carbocycles. The number of methoxy groups -OCH3 is 1. The van der Waals surface area contributed by atoms with Crippen molar-refractivity contribution in [3.63, 3.8) is 0 Å². The first-order chi connectivity index (χ1) is 7.11. The van der Waals surface area contributed by atoms with E-state index in [4.69, 9.17) is 4.74 Å². The van der Waals surface area contributed by atoms with Gasteiger partial charge >= 0.3 is 0 Å². The second kappa shape index (κ2) is 8.23. The number of carbonyl (C=O) groups is 2. The molecule has 2 N–H and O–H groups in total. The van der Waals surface area contributed by atoms with Crippen LogP contribution in [0.1, 0.15) is 26.7 Å². The van der Waals surface area contributed by atoms with Crippen molar-refractivity contribution < 1.29 is 14.3 Å². The van der Waals surface area contributed by atoms with E-state index in [1.165, 1.54) is 7.11 Å². The molecule has 0 aromatic heterocycles. The first kappa shape index (κ1) is 13.9. The molecule has 0 aromatic rings. The highest BCUT2D eigenvalue weighted by Crippen LogP contribution is 1.87. The van der Waals surface area contributed by atoms with Crippen LogP contribution in [0.25, 0.3) is 0 Å². The first-order valence-electron chi connectivity index (χ1n) is 5.19. The Morgan fingerprint density at radius 1 is 1.27 bits per heavy atom. The minimum atomic E-state index is -0.469. The zero-order valence-corrected chi connectivity index (χ0v) is 9.63. The smallest absolute Gasteiger partial charge is 0.248 e. The van der Waals surface area contributed by atoms with E-state index in [1.807, 2.05) is 6.92 Å². The van der Waals surface area contributed by atoms with Crippen LogP contribution < -0.4 is 10.6 Å². The zero-order chi connectivity index (χ0) is 11.7. The molecule has 0 saturated heterocycles. The summed E-state index contributed by atoms with van der Waals surface area (Å²) in [6.07, 6.45) is 0.754. The lowest BCUT2D eigenvalue weighted by Gasteiger charge is -2.10. The van der Waals surface area contributed by atoms with Gasteiger partial charge in [-0.05, 0) is 13.3 Å². The molecule has 15 heavy (non-hydrogen) atoms. The molecule has 1 atom stereocenters. The Hall–Kier alpha value is -1.10. The van der Waals surface area contributed by atoms with Crippen molar-refractivity contribution in [3.05, 3.63) is 0 Å². The van der Waals surface area contributed by atoms with Gasteiger partial charge in [-0.3, -0.25) is 9.59 Å². The third-order valence-corrected chi connectivity index (χ3v) is 1.95. The van der Waals surface area contributed by atoms with E-state index < -0.39 is 6.10 Å². The Morgan fingerprint density at radius 2 is 1.93 bits per heavy atom. The van der Waals surface area contributed by atoms with Crippen LogP contribution in [0.4, 0.5) is 0 Å². The Kier molecular flexibility index (Phi) is 7.62. The highest BCUT2D eigenvalue weighted by molar-refractivity contribution is 5.81. The molecule has 88 valence electrons. The van der Waals surface area contributed by atoms with Crippen molar-refractivity contribution in [1.29, 1.82) is 0 Å². The predicted octanol–water partition coefficient (Wildman–Crippen LogP) is 0.0538. The van der Waals surface area contributed by atoms with Crippen molar-refractivity contribution in [3.8, 4) is 0 Å². The largest absolute Gasteiger partial charge is 0.372 e. The number of ether oxygens (including phenoxy) is 1. The van der Waals surface area contributed by atoms with Crippen LogP contribution in [-0.4, -0.2) is 38.1 Å². The van der Waals surface area contributed by atoms with Crippen molar-refractivity contribution in [2.45, 2.75) is 32.8 Å². The Morgan fingerprint density at radius 3 is 2.47 bits per heavy atom. The fourth-order valence-electron chi connectivity index (χ4n) is 0.903. The summed E-state index contributed by atoms with van der Waals surface area (Å²) in [6.45, 7) is 4.68. The van der Waals surface area contributed by atoms with Crippen LogP contribution in [0.15, 0.2) is 0 Å². The number of carbonyl (C=O) groups excluding carboxylic acids is 2. The molecule has 0 aliphatic rings. The highest BCUT2D eigenvalue weighted by Gasteiger charge is 2.10. The lowest BCUT2D eigenvalue weighted by atomic mass is 10.3. The molecule has 5 heteroatoms. The molecule has 1 unspecified atom stereocenters. The molecule has 5 nitrogen and oxygen atoms in total. The van der Waals surface area contributed by atoms with Gasteiger partial charge in [-0.25, -0.2) is 0 Å². The fraction of sp³-hybridized carbons (Fsp3) is 0.800. The van der Waals surface area contributed by atoms with E-state index in [9.17, 15) is 9.59 Å². The number of amides is 2. The minimum Gasteiger partial charge on any atom is -0.372 e. The maximum Gasteiger partial charge on any atom is 0.248 e. The van der Waals surface area contributed by atoms with Gasteiger partial charge in [-0.1, -0.05) is 6.92 Å². The summed E-state index contributed by atoms with van der Waals surface area (Å²) in [4.78, 5) is 22.3. The van der Waals surface area contributed by atoms with Gasteiger partial charge in [0.25, 0.3) is 0 Å². The molecule has 2 amide bonds. The summed E-state index contributed by atoms with van der Waals surface area (Å²) < 4.78 is 4.82. The monoisotopic (exact) mass is 216 g/mol. The molecule has 0 aromatic carbocycles. The SMILES string of the molecule is CCCNC(=O)CCNC(=O)C(C)OC. The van der Waals surface area contributed by atoms with E-state index in [-0.39, 0.29) is 11.8 Å². The molecular formula is C10H20N2O3. The van der Waals surface area contributed by atoms with E-state index in [2.05, 4.69) is 10.6 Å². The van der Waals surface area contributed by atoms with Crippen molar-refractivity contribution in [1.82, 2.24) is 10.6 Å². The van der Waals surface area contributed by atoms with Gasteiger partial charge in [0.05, 0.1) is 0 Å². The summed E-state index contributed by atoms with van der Waals surface area (Å²) in [5, 5.41) is 5.34. The van der Waals surface area contributed by atoms with Crippen LogP contribution in [-0.2, 0) is 14.3 Å². The normalized spacial score (nSPS) is 11.9. The molecule has 0 radical (unpaired) electrons. The molecular weight excluding hydrogens is 196 g/mol. The third kappa shape index (κ3) is 6.90. The van der Waals surface area contributed by atoms with Gasteiger partial charge < -0.3 is 15.4 Å². The molecule has 0 heterocycles. The summed E-state index contributed by atoms with van der Waals surface area (Å²) in [7, 11) is 1.47. The average Bonchev–Trinajstić information content (AvgIpc) is 2.24. The number of nitrogens with one attached hydrogen (secondary N) is 2. The predicted molar refractivity (Wildman–Crippen MR) is 57.4 cm³/mol. The molecule has 0 aliphatic heterocycles. The number of rotatable bonds is 7. The third-order valence-electron chi connectivity index (χ3n) is 1.95. The lowest BCUT2D eigenvalue weighted by molar-refractivity contribution is -0.130. The Bertz CT molecular complexity index is 207. The fourth-order valence-corrected chi connectivity index (χ4v) is 0.903. The topological polar surface area (TPSA) is 67.4 Å². The maximum absolute atomic E-state index is 11.2. The van der Waals surface area contributed by atoms with Gasteiger partial charge in [0, 0.05) is 26.6 Å². The zero-order valence-electron chi connectivity index (χ0n) is 9.63. The molecule has 0 rings (SSSR count). The minimum absolute atomic E-state index is 0.0396. The van der Waals surface area contributed by atoms with Gasteiger partial charge in [0.1, 0.15) is 6.10 Å². The summed E-state index contributed by atoms with van der Waals surface area (Å²) >= 11 is 0. The highest BCUT2D eigenvalue weighted by atomic mass is 16.5. The van der Waals surface area contributed by atoms with Crippen molar-refractivity contribution in [2.24, 2.45) is 0 Å². The lowest BCUT2D eigenvalue weighted by Crippen LogP contribution is -2.36. The van der Waals surface area contributed by atoms with Crippen LogP contribution >= 0.6 is 0 Å².